The second kappa shape index (κ2) is 7.54. The van der Waals surface area contributed by atoms with Crippen molar-refractivity contribution in [3.8, 4) is 0 Å². The second-order valence-corrected chi connectivity index (χ2v) is 7.22. The van der Waals surface area contributed by atoms with Gasteiger partial charge in [-0.15, -0.1) is 0 Å². The van der Waals surface area contributed by atoms with Crippen LogP contribution in [0.3, 0.4) is 0 Å². The maximum absolute atomic E-state index is 12.3. The molecule has 1 N–H and O–H groups in total. The summed E-state index contributed by atoms with van der Waals surface area (Å²) in [5.74, 6) is 0.917. The maximum atomic E-state index is 12.3. The summed E-state index contributed by atoms with van der Waals surface area (Å²) in [6.07, 6.45) is 4.49. The van der Waals surface area contributed by atoms with E-state index in [9.17, 15) is 8.42 Å². The minimum Gasteiger partial charge on any atom is -0.354 e. The van der Waals surface area contributed by atoms with Crippen LogP contribution in [0.2, 0.25) is 0 Å². The molecule has 1 aromatic heterocycles. The lowest BCUT2D eigenvalue weighted by Crippen LogP contribution is -2.29. The van der Waals surface area contributed by atoms with Gasteiger partial charge in [-0.1, -0.05) is 20.8 Å². The molecule has 0 unspecified atom stereocenters. The standard InChI is InChI=1S/C13H24N4O2S/c1-5-7-14-13-15-9-12(10-16-13)20(18,19)17(4)8-6-11(2)3/h9-11H,5-8H2,1-4H3,(H,14,15,16). The molecule has 1 aromatic rings. The normalized spacial score (nSPS) is 12.1. The summed E-state index contributed by atoms with van der Waals surface area (Å²) in [5.41, 5.74) is 0. The van der Waals surface area contributed by atoms with Crippen molar-refractivity contribution < 1.29 is 8.42 Å². The molecular weight excluding hydrogens is 276 g/mol. The number of hydrogen-bond acceptors (Lipinski definition) is 5. The Hall–Kier alpha value is -1.21. The van der Waals surface area contributed by atoms with E-state index in [1.54, 1.807) is 7.05 Å². The zero-order valence-electron chi connectivity index (χ0n) is 12.6. The summed E-state index contributed by atoms with van der Waals surface area (Å²) in [5, 5.41) is 3.01. The molecule has 0 bridgehead atoms. The highest BCUT2D eigenvalue weighted by atomic mass is 32.2. The van der Waals surface area contributed by atoms with Crippen molar-refractivity contribution in [3.63, 3.8) is 0 Å². The van der Waals surface area contributed by atoms with Gasteiger partial charge in [0.2, 0.25) is 16.0 Å². The van der Waals surface area contributed by atoms with Gasteiger partial charge < -0.3 is 5.32 Å². The van der Waals surface area contributed by atoms with Crippen molar-refractivity contribution in [3.05, 3.63) is 12.4 Å². The van der Waals surface area contributed by atoms with Crippen LogP contribution in [-0.4, -0.2) is 42.8 Å². The minimum absolute atomic E-state index is 0.130. The van der Waals surface area contributed by atoms with Gasteiger partial charge in [0, 0.05) is 20.1 Å². The first-order valence-corrected chi connectivity index (χ1v) is 8.34. The Morgan fingerprint density at radius 3 is 2.40 bits per heavy atom. The highest BCUT2D eigenvalue weighted by Crippen LogP contribution is 2.14. The van der Waals surface area contributed by atoms with Gasteiger partial charge in [-0.05, 0) is 18.8 Å². The van der Waals surface area contributed by atoms with Crippen LogP contribution < -0.4 is 5.32 Å². The zero-order valence-corrected chi connectivity index (χ0v) is 13.4. The number of sulfonamides is 1. The molecule has 6 nitrogen and oxygen atoms in total. The highest BCUT2D eigenvalue weighted by molar-refractivity contribution is 7.89. The predicted octanol–water partition coefficient (Wildman–Crippen LogP) is 1.97. The van der Waals surface area contributed by atoms with E-state index >= 15 is 0 Å². The van der Waals surface area contributed by atoms with Crippen LogP contribution in [-0.2, 0) is 10.0 Å². The molecule has 20 heavy (non-hydrogen) atoms. The van der Waals surface area contributed by atoms with Crippen LogP contribution in [0.1, 0.15) is 33.6 Å². The Bertz CT molecular complexity index is 500. The minimum atomic E-state index is -3.49. The molecule has 0 saturated carbocycles. The lowest BCUT2D eigenvalue weighted by atomic mass is 10.1. The SMILES string of the molecule is CCCNc1ncc(S(=O)(=O)N(C)CCC(C)C)cn1. The molecule has 0 atom stereocenters. The van der Waals surface area contributed by atoms with Crippen LogP contribution in [0.4, 0.5) is 5.95 Å². The average Bonchev–Trinajstić information content (AvgIpc) is 2.42. The molecule has 0 amide bonds. The highest BCUT2D eigenvalue weighted by Gasteiger charge is 2.21. The summed E-state index contributed by atoms with van der Waals surface area (Å²) in [4.78, 5) is 8.19. The maximum Gasteiger partial charge on any atom is 0.245 e. The van der Waals surface area contributed by atoms with Crippen molar-refractivity contribution in [1.29, 1.82) is 0 Å². The third-order valence-corrected chi connectivity index (χ3v) is 4.70. The van der Waals surface area contributed by atoms with E-state index in [0.717, 1.165) is 19.4 Å². The fraction of sp³-hybridized carbons (Fsp3) is 0.692. The number of rotatable bonds is 8. The number of aromatic nitrogens is 2. The van der Waals surface area contributed by atoms with Crippen molar-refractivity contribution in [1.82, 2.24) is 14.3 Å². The van der Waals surface area contributed by atoms with E-state index in [4.69, 9.17) is 0 Å². The fourth-order valence-corrected chi connectivity index (χ4v) is 2.60. The Balaban J connectivity index is 2.76. The lowest BCUT2D eigenvalue weighted by Gasteiger charge is -2.17. The Kier molecular flexibility index (Phi) is 6.35. The smallest absolute Gasteiger partial charge is 0.245 e. The second-order valence-electron chi connectivity index (χ2n) is 5.18. The monoisotopic (exact) mass is 300 g/mol. The first-order chi connectivity index (χ1) is 9.37. The summed E-state index contributed by atoms with van der Waals surface area (Å²) < 4.78 is 25.9. The van der Waals surface area contributed by atoms with Crippen LogP contribution in [0.25, 0.3) is 0 Å². The molecule has 1 heterocycles. The summed E-state index contributed by atoms with van der Waals surface area (Å²) in [6, 6.07) is 0. The first kappa shape index (κ1) is 16.8. The van der Waals surface area contributed by atoms with Gasteiger partial charge in [0.15, 0.2) is 0 Å². The molecule has 7 heteroatoms. The molecule has 0 aliphatic carbocycles. The lowest BCUT2D eigenvalue weighted by molar-refractivity contribution is 0.427. The summed E-state index contributed by atoms with van der Waals surface area (Å²) in [6.45, 7) is 7.43. The van der Waals surface area contributed by atoms with Gasteiger partial charge in [0.1, 0.15) is 4.90 Å². The topological polar surface area (TPSA) is 75.2 Å². The average molecular weight is 300 g/mol. The number of anilines is 1. The molecule has 0 saturated heterocycles. The van der Waals surface area contributed by atoms with Crippen molar-refractivity contribution in [2.75, 3.05) is 25.5 Å². The molecule has 0 spiro atoms. The van der Waals surface area contributed by atoms with Gasteiger partial charge in [-0.2, -0.15) is 0 Å². The van der Waals surface area contributed by atoms with E-state index in [1.807, 2.05) is 6.92 Å². The van der Waals surface area contributed by atoms with Crippen molar-refractivity contribution in [2.24, 2.45) is 5.92 Å². The van der Waals surface area contributed by atoms with Crippen LogP contribution in [0.5, 0.6) is 0 Å². The largest absolute Gasteiger partial charge is 0.354 e. The molecule has 0 aliphatic heterocycles. The molecule has 0 aromatic carbocycles. The molecular formula is C13H24N4O2S. The van der Waals surface area contributed by atoms with E-state index in [0.29, 0.717) is 18.4 Å². The Morgan fingerprint density at radius 1 is 1.30 bits per heavy atom. The molecule has 114 valence electrons. The quantitative estimate of drug-likeness (QED) is 0.794. The van der Waals surface area contributed by atoms with Crippen LogP contribution >= 0.6 is 0 Å². The van der Waals surface area contributed by atoms with Gasteiger partial charge in [-0.25, -0.2) is 22.7 Å². The van der Waals surface area contributed by atoms with Gasteiger partial charge >= 0.3 is 0 Å². The van der Waals surface area contributed by atoms with Gasteiger partial charge in [0.05, 0.1) is 12.4 Å². The van der Waals surface area contributed by atoms with Crippen molar-refractivity contribution >= 4 is 16.0 Å². The van der Waals surface area contributed by atoms with E-state index in [-0.39, 0.29) is 4.90 Å². The summed E-state index contributed by atoms with van der Waals surface area (Å²) >= 11 is 0. The molecule has 0 fully saturated rings. The Morgan fingerprint density at radius 2 is 1.90 bits per heavy atom. The van der Waals surface area contributed by atoms with Crippen LogP contribution in [0.15, 0.2) is 17.3 Å². The third kappa shape index (κ3) is 4.72. The van der Waals surface area contributed by atoms with E-state index in [2.05, 4.69) is 29.1 Å². The van der Waals surface area contributed by atoms with E-state index in [1.165, 1.54) is 16.7 Å². The molecule has 1 rings (SSSR count). The number of nitrogens with zero attached hydrogens (tertiary/aromatic N) is 3. The fourth-order valence-electron chi connectivity index (χ4n) is 1.52. The number of hydrogen-bond donors (Lipinski definition) is 1. The zero-order chi connectivity index (χ0) is 15.2. The van der Waals surface area contributed by atoms with E-state index < -0.39 is 10.0 Å². The third-order valence-electron chi connectivity index (χ3n) is 2.89. The number of nitrogens with one attached hydrogen (secondary N) is 1. The van der Waals surface area contributed by atoms with Gasteiger partial charge in [-0.3, -0.25) is 0 Å². The molecule has 0 aliphatic rings. The Labute approximate surface area is 121 Å². The predicted molar refractivity (Wildman–Crippen MR) is 80.1 cm³/mol. The van der Waals surface area contributed by atoms with Gasteiger partial charge in [0.25, 0.3) is 0 Å². The molecule has 0 radical (unpaired) electrons. The van der Waals surface area contributed by atoms with Crippen molar-refractivity contribution in [2.45, 2.75) is 38.5 Å². The van der Waals surface area contributed by atoms with Crippen LogP contribution in [0, 0.1) is 5.92 Å². The first-order valence-electron chi connectivity index (χ1n) is 6.90. The summed E-state index contributed by atoms with van der Waals surface area (Å²) in [7, 11) is -1.91.